The average molecular weight is 220 g/mol. The van der Waals surface area contributed by atoms with Gasteiger partial charge in [0, 0.05) is 5.75 Å². The zero-order valence-electron chi connectivity index (χ0n) is 6.49. The molecule has 1 amide bonds. The van der Waals surface area contributed by atoms with E-state index in [4.69, 9.17) is 16.7 Å². The Balaban J connectivity index is 2.37. The van der Waals surface area contributed by atoms with E-state index in [9.17, 15) is 9.59 Å². The van der Waals surface area contributed by atoms with Crippen LogP contribution < -0.4 is 0 Å². The third kappa shape index (κ3) is 1.23. The van der Waals surface area contributed by atoms with Crippen molar-refractivity contribution < 1.29 is 14.7 Å². The summed E-state index contributed by atoms with van der Waals surface area (Å²) in [5.41, 5.74) is -0.0401. The minimum atomic E-state index is -1.12. The first kappa shape index (κ1) is 8.90. The summed E-state index contributed by atoms with van der Waals surface area (Å²) < 4.78 is 0. The second-order valence-corrected chi connectivity index (χ2v) is 4.41. The summed E-state index contributed by atoms with van der Waals surface area (Å²) in [6.07, 6.45) is 0.422. The summed E-state index contributed by atoms with van der Waals surface area (Å²) in [6, 6.07) is 0. The van der Waals surface area contributed by atoms with Crippen molar-refractivity contribution in [2.24, 2.45) is 0 Å². The maximum Gasteiger partial charge on any atom is 0.353 e. The van der Waals surface area contributed by atoms with Crippen molar-refractivity contribution in [1.29, 1.82) is 0 Å². The van der Waals surface area contributed by atoms with E-state index in [1.165, 1.54) is 16.7 Å². The van der Waals surface area contributed by atoms with Gasteiger partial charge in [0.25, 0.3) is 0 Å². The normalized spacial score (nSPS) is 27.0. The van der Waals surface area contributed by atoms with Gasteiger partial charge >= 0.3 is 5.97 Å². The highest BCUT2D eigenvalue weighted by atomic mass is 35.5. The van der Waals surface area contributed by atoms with Gasteiger partial charge in [-0.25, -0.2) is 4.79 Å². The number of carbonyl (C=O) groups excluding carboxylic acids is 1. The lowest BCUT2D eigenvalue weighted by molar-refractivity contribution is -0.146. The number of β-lactam (4-membered cyclic amide) rings is 1. The molecule has 13 heavy (non-hydrogen) atoms. The molecule has 0 aliphatic carbocycles. The van der Waals surface area contributed by atoms with E-state index in [0.717, 1.165) is 0 Å². The Kier molecular flexibility index (Phi) is 2.00. The first-order valence-electron chi connectivity index (χ1n) is 3.67. The Morgan fingerprint density at radius 3 is 2.85 bits per heavy atom. The van der Waals surface area contributed by atoms with E-state index < -0.39 is 5.97 Å². The Bertz CT molecular complexity index is 328. The molecule has 1 atom stereocenters. The second kappa shape index (κ2) is 2.92. The van der Waals surface area contributed by atoms with Gasteiger partial charge in [-0.15, -0.1) is 11.8 Å². The topological polar surface area (TPSA) is 57.6 Å². The predicted molar refractivity (Wildman–Crippen MR) is 48.2 cm³/mol. The maximum atomic E-state index is 11.1. The maximum absolute atomic E-state index is 11.1. The standard InChI is InChI=1S/C7H6ClNO3S/c8-3-2-13-5-1-4(10)9(5)6(3)7(11)12/h5H,1-2H2,(H,11,12)/t5-/m1/s1. The number of fused-ring (bicyclic) bond motifs is 1. The lowest BCUT2D eigenvalue weighted by atomic mass is 10.1. The third-order valence-corrected chi connectivity index (χ3v) is 3.70. The first-order chi connectivity index (χ1) is 6.11. The molecular formula is C7H6ClNO3S. The SMILES string of the molecule is O=C(O)C1=C(Cl)CS[C@@H]2CC(=O)N12. The fourth-order valence-corrected chi connectivity index (χ4v) is 2.85. The quantitative estimate of drug-likeness (QED) is 0.664. The van der Waals surface area contributed by atoms with Crippen LogP contribution in [0.3, 0.4) is 0 Å². The van der Waals surface area contributed by atoms with Crippen LogP contribution in [0.25, 0.3) is 0 Å². The number of thioether (sulfide) groups is 1. The number of aliphatic carboxylic acids is 1. The molecule has 2 rings (SSSR count). The molecule has 70 valence electrons. The molecule has 0 bridgehead atoms. The van der Waals surface area contributed by atoms with Gasteiger partial charge in [0.15, 0.2) is 0 Å². The van der Waals surface area contributed by atoms with Crippen LogP contribution in [0.2, 0.25) is 0 Å². The number of rotatable bonds is 1. The summed E-state index contributed by atoms with van der Waals surface area (Å²) >= 11 is 7.22. The number of carbonyl (C=O) groups is 2. The zero-order chi connectivity index (χ0) is 9.59. The van der Waals surface area contributed by atoms with Gasteiger partial charge in [-0.2, -0.15) is 0 Å². The van der Waals surface area contributed by atoms with Crippen LogP contribution in [-0.2, 0) is 9.59 Å². The number of halogens is 1. The van der Waals surface area contributed by atoms with E-state index in [0.29, 0.717) is 12.2 Å². The Hall–Kier alpha value is -0.680. The number of hydrogen-bond acceptors (Lipinski definition) is 3. The average Bonchev–Trinajstić information content (AvgIpc) is 2.05. The van der Waals surface area contributed by atoms with E-state index in [1.54, 1.807) is 0 Å². The molecule has 0 aromatic heterocycles. The summed E-state index contributed by atoms with van der Waals surface area (Å²) in [6.45, 7) is 0. The molecule has 0 aromatic rings. The minimum Gasteiger partial charge on any atom is -0.477 e. The van der Waals surface area contributed by atoms with Crippen molar-refractivity contribution in [3.05, 3.63) is 10.7 Å². The summed E-state index contributed by atoms with van der Waals surface area (Å²) in [7, 11) is 0. The van der Waals surface area contributed by atoms with E-state index in [1.807, 2.05) is 0 Å². The predicted octanol–water partition coefficient (Wildman–Crippen LogP) is 0.827. The van der Waals surface area contributed by atoms with Gasteiger partial charge in [0.05, 0.1) is 16.8 Å². The zero-order valence-corrected chi connectivity index (χ0v) is 8.06. The molecule has 4 nitrogen and oxygen atoms in total. The lowest BCUT2D eigenvalue weighted by Crippen LogP contribution is -2.53. The van der Waals surface area contributed by atoms with Crippen LogP contribution in [0, 0.1) is 0 Å². The van der Waals surface area contributed by atoms with Gasteiger partial charge in [-0.05, 0) is 0 Å². The molecule has 1 saturated heterocycles. The fourth-order valence-electron chi connectivity index (χ4n) is 1.38. The highest BCUT2D eigenvalue weighted by Gasteiger charge is 2.44. The molecule has 0 saturated carbocycles. The molecular weight excluding hydrogens is 214 g/mol. The number of amides is 1. The number of nitrogens with zero attached hydrogens (tertiary/aromatic N) is 1. The largest absolute Gasteiger partial charge is 0.477 e. The van der Waals surface area contributed by atoms with Gasteiger partial charge < -0.3 is 5.11 Å². The van der Waals surface area contributed by atoms with Gasteiger partial charge in [0.2, 0.25) is 5.91 Å². The highest BCUT2D eigenvalue weighted by Crippen LogP contribution is 2.40. The second-order valence-electron chi connectivity index (χ2n) is 2.79. The molecule has 0 aromatic carbocycles. The fraction of sp³-hybridized carbons (Fsp3) is 0.429. The number of carboxylic acids is 1. The molecule has 0 unspecified atom stereocenters. The van der Waals surface area contributed by atoms with E-state index >= 15 is 0 Å². The van der Waals surface area contributed by atoms with Crippen molar-refractivity contribution in [2.45, 2.75) is 11.8 Å². The molecule has 2 heterocycles. The van der Waals surface area contributed by atoms with Gasteiger partial charge in [0.1, 0.15) is 5.70 Å². The van der Waals surface area contributed by atoms with E-state index in [2.05, 4.69) is 0 Å². The summed E-state index contributed by atoms with van der Waals surface area (Å²) in [4.78, 5) is 23.1. The van der Waals surface area contributed by atoms with Crippen molar-refractivity contribution in [3.8, 4) is 0 Å². The molecule has 0 radical (unpaired) electrons. The van der Waals surface area contributed by atoms with Crippen LogP contribution in [0.4, 0.5) is 0 Å². The molecule has 0 spiro atoms. The van der Waals surface area contributed by atoms with Crippen LogP contribution in [0.5, 0.6) is 0 Å². The van der Waals surface area contributed by atoms with Crippen molar-refractivity contribution in [3.63, 3.8) is 0 Å². The summed E-state index contributed by atoms with van der Waals surface area (Å²) in [5, 5.41) is 9.04. The molecule has 1 N–H and O–H groups in total. The van der Waals surface area contributed by atoms with Crippen molar-refractivity contribution in [1.82, 2.24) is 4.90 Å². The lowest BCUT2D eigenvalue weighted by Gasteiger charge is -2.42. The number of hydrogen-bond donors (Lipinski definition) is 1. The van der Waals surface area contributed by atoms with Crippen LogP contribution in [0.1, 0.15) is 6.42 Å². The van der Waals surface area contributed by atoms with Crippen molar-refractivity contribution >= 4 is 35.2 Å². The summed E-state index contributed by atoms with van der Waals surface area (Å²) in [5.74, 6) is -0.798. The third-order valence-electron chi connectivity index (χ3n) is 2.01. The van der Waals surface area contributed by atoms with Gasteiger partial charge in [-0.3, -0.25) is 9.69 Å². The highest BCUT2D eigenvalue weighted by molar-refractivity contribution is 8.00. The van der Waals surface area contributed by atoms with Crippen LogP contribution in [0.15, 0.2) is 10.7 Å². The smallest absolute Gasteiger partial charge is 0.353 e. The number of carboxylic acid groups (broad SMARTS) is 1. The molecule has 2 aliphatic heterocycles. The van der Waals surface area contributed by atoms with Crippen LogP contribution in [-0.4, -0.2) is 33.0 Å². The minimum absolute atomic E-state index is 0.0129. The Morgan fingerprint density at radius 2 is 2.38 bits per heavy atom. The molecule has 2 aliphatic rings. The Morgan fingerprint density at radius 1 is 1.69 bits per heavy atom. The van der Waals surface area contributed by atoms with Gasteiger partial charge in [-0.1, -0.05) is 11.6 Å². The molecule has 6 heteroatoms. The van der Waals surface area contributed by atoms with Crippen LogP contribution >= 0.6 is 23.4 Å². The van der Waals surface area contributed by atoms with Crippen molar-refractivity contribution in [2.75, 3.05) is 5.75 Å². The molecule has 1 fully saturated rings. The monoisotopic (exact) mass is 219 g/mol. The van der Waals surface area contributed by atoms with E-state index in [-0.39, 0.29) is 22.0 Å². The first-order valence-corrected chi connectivity index (χ1v) is 5.09. The Labute approximate surface area is 83.5 Å².